The third kappa shape index (κ3) is 2.98. The van der Waals surface area contributed by atoms with Crippen LogP contribution in [0.4, 0.5) is 0 Å². The van der Waals surface area contributed by atoms with Crippen molar-refractivity contribution in [3.05, 3.63) is 11.6 Å². The predicted molar refractivity (Wildman–Crippen MR) is 55.6 cm³/mol. The van der Waals surface area contributed by atoms with Gasteiger partial charge in [0.05, 0.1) is 0 Å². The highest BCUT2D eigenvalue weighted by Crippen LogP contribution is 2.36. The average molecular weight is 180 g/mol. The van der Waals surface area contributed by atoms with E-state index in [1.165, 1.54) is 0 Å². The zero-order valence-electron chi connectivity index (χ0n) is 9.18. The summed E-state index contributed by atoms with van der Waals surface area (Å²) in [4.78, 5) is 11.5. The molecule has 0 aromatic carbocycles. The van der Waals surface area contributed by atoms with E-state index < -0.39 is 0 Å². The number of carbonyl (C=O) groups is 1. The number of allylic oxidation sites excluding steroid dienone is 2. The molecule has 0 amide bonds. The lowest BCUT2D eigenvalue weighted by molar-refractivity contribution is -0.117. The fourth-order valence-electron chi connectivity index (χ4n) is 1.87. The Morgan fingerprint density at radius 1 is 1.38 bits per heavy atom. The van der Waals surface area contributed by atoms with Crippen LogP contribution in [-0.2, 0) is 4.79 Å². The second-order valence-electron chi connectivity index (χ2n) is 5.20. The van der Waals surface area contributed by atoms with Crippen LogP contribution >= 0.6 is 0 Å². The molecule has 0 aromatic heterocycles. The van der Waals surface area contributed by atoms with Gasteiger partial charge in [0.25, 0.3) is 0 Å². The fraction of sp³-hybridized carbons (Fsp3) is 0.750. The molecule has 0 aromatic rings. The molecule has 0 spiro atoms. The Hall–Kier alpha value is -0.590. The zero-order chi connectivity index (χ0) is 10.1. The van der Waals surface area contributed by atoms with Crippen LogP contribution < -0.4 is 0 Å². The first-order valence-electron chi connectivity index (χ1n) is 5.15. The van der Waals surface area contributed by atoms with Gasteiger partial charge in [-0.05, 0) is 29.7 Å². The number of hydrogen-bond donors (Lipinski definition) is 0. The second-order valence-corrected chi connectivity index (χ2v) is 5.20. The van der Waals surface area contributed by atoms with Gasteiger partial charge in [0, 0.05) is 6.42 Å². The van der Waals surface area contributed by atoms with Gasteiger partial charge in [-0.2, -0.15) is 0 Å². The van der Waals surface area contributed by atoms with Crippen LogP contribution in [0.25, 0.3) is 0 Å². The van der Waals surface area contributed by atoms with Crippen LogP contribution in [0.15, 0.2) is 11.6 Å². The molecule has 0 saturated heterocycles. The highest BCUT2D eigenvalue weighted by Gasteiger charge is 2.28. The Balaban J connectivity index is 2.77. The van der Waals surface area contributed by atoms with Gasteiger partial charge in [0.1, 0.15) is 0 Å². The molecule has 0 unspecified atom stereocenters. The highest BCUT2D eigenvalue weighted by atomic mass is 16.1. The van der Waals surface area contributed by atoms with Crippen molar-refractivity contribution in [1.82, 2.24) is 0 Å². The Labute approximate surface area is 81.2 Å². The van der Waals surface area contributed by atoms with Crippen molar-refractivity contribution >= 4 is 5.78 Å². The van der Waals surface area contributed by atoms with E-state index in [9.17, 15) is 4.79 Å². The molecule has 1 saturated carbocycles. The molecule has 1 rings (SSSR count). The topological polar surface area (TPSA) is 17.1 Å². The minimum Gasteiger partial charge on any atom is -0.295 e. The quantitative estimate of drug-likeness (QED) is 0.565. The van der Waals surface area contributed by atoms with E-state index in [0.717, 1.165) is 24.8 Å². The molecule has 0 radical (unpaired) electrons. The molecule has 1 nitrogen and oxygen atoms in total. The van der Waals surface area contributed by atoms with Crippen molar-refractivity contribution in [3.63, 3.8) is 0 Å². The summed E-state index contributed by atoms with van der Waals surface area (Å²) in [5.74, 6) is 0.862. The molecule has 1 fully saturated rings. The fourth-order valence-corrected chi connectivity index (χ4v) is 1.87. The molecular formula is C12H20O. The van der Waals surface area contributed by atoms with Crippen LogP contribution in [0.3, 0.4) is 0 Å². The molecule has 0 atom stereocenters. The third-order valence-corrected chi connectivity index (χ3v) is 2.59. The van der Waals surface area contributed by atoms with Crippen LogP contribution in [0.5, 0.6) is 0 Å². The average Bonchev–Trinajstić information content (AvgIpc) is 1.95. The Morgan fingerprint density at radius 2 is 2.00 bits per heavy atom. The predicted octanol–water partition coefficient (Wildman–Crippen LogP) is 3.35. The number of carbonyl (C=O) groups excluding carboxylic acids is 1. The SMILES string of the molecule is CC(C)/C=C1\CC(C)(C)CCC1=O. The van der Waals surface area contributed by atoms with E-state index in [2.05, 4.69) is 33.8 Å². The van der Waals surface area contributed by atoms with E-state index in [4.69, 9.17) is 0 Å². The molecule has 13 heavy (non-hydrogen) atoms. The van der Waals surface area contributed by atoms with Crippen LogP contribution in [0, 0.1) is 11.3 Å². The standard InChI is InChI=1S/C12H20O/c1-9(2)7-10-8-12(3,4)6-5-11(10)13/h7,9H,5-6,8H2,1-4H3/b10-7+. The largest absolute Gasteiger partial charge is 0.295 e. The summed E-state index contributed by atoms with van der Waals surface area (Å²) in [7, 11) is 0. The molecule has 0 aliphatic heterocycles. The minimum absolute atomic E-state index is 0.328. The van der Waals surface area contributed by atoms with Gasteiger partial charge in [-0.1, -0.05) is 33.8 Å². The third-order valence-electron chi connectivity index (χ3n) is 2.59. The summed E-state index contributed by atoms with van der Waals surface area (Å²) in [6.07, 6.45) is 4.88. The first kappa shape index (κ1) is 10.5. The Morgan fingerprint density at radius 3 is 2.54 bits per heavy atom. The first-order valence-corrected chi connectivity index (χ1v) is 5.15. The summed E-state index contributed by atoms with van der Waals surface area (Å²) >= 11 is 0. The molecule has 1 aliphatic rings. The van der Waals surface area contributed by atoms with Crippen molar-refractivity contribution in [3.8, 4) is 0 Å². The summed E-state index contributed by atoms with van der Waals surface area (Å²) in [5.41, 5.74) is 1.39. The molecule has 0 heterocycles. The van der Waals surface area contributed by atoms with Gasteiger partial charge in [-0.25, -0.2) is 0 Å². The normalized spacial score (nSPS) is 25.6. The molecule has 0 N–H and O–H groups in total. The first-order chi connectivity index (χ1) is 5.91. The maximum atomic E-state index is 11.5. The van der Waals surface area contributed by atoms with Crippen molar-refractivity contribution in [1.29, 1.82) is 0 Å². The lowest BCUT2D eigenvalue weighted by atomic mass is 9.74. The van der Waals surface area contributed by atoms with E-state index in [1.54, 1.807) is 0 Å². The summed E-state index contributed by atoms with van der Waals surface area (Å²) in [5, 5.41) is 0. The molecule has 1 heteroatoms. The van der Waals surface area contributed by atoms with Gasteiger partial charge in [-0.15, -0.1) is 0 Å². The van der Waals surface area contributed by atoms with Gasteiger partial charge in [0.15, 0.2) is 5.78 Å². The molecule has 0 bridgehead atoms. The Bertz CT molecular complexity index is 234. The van der Waals surface area contributed by atoms with Crippen LogP contribution in [-0.4, -0.2) is 5.78 Å². The van der Waals surface area contributed by atoms with E-state index in [1.807, 2.05) is 0 Å². The minimum atomic E-state index is 0.328. The Kier molecular flexibility index (Phi) is 2.94. The van der Waals surface area contributed by atoms with Gasteiger partial charge in [-0.3, -0.25) is 4.79 Å². The van der Waals surface area contributed by atoms with Crippen molar-refractivity contribution in [2.75, 3.05) is 0 Å². The van der Waals surface area contributed by atoms with E-state index in [0.29, 0.717) is 17.1 Å². The van der Waals surface area contributed by atoms with Gasteiger partial charge in [0.2, 0.25) is 0 Å². The van der Waals surface area contributed by atoms with E-state index >= 15 is 0 Å². The highest BCUT2D eigenvalue weighted by molar-refractivity contribution is 5.96. The lowest BCUT2D eigenvalue weighted by Gasteiger charge is -2.30. The maximum absolute atomic E-state index is 11.5. The number of rotatable bonds is 1. The summed E-state index contributed by atoms with van der Waals surface area (Å²) in [6.45, 7) is 8.74. The monoisotopic (exact) mass is 180 g/mol. The van der Waals surface area contributed by atoms with E-state index in [-0.39, 0.29) is 0 Å². The number of hydrogen-bond acceptors (Lipinski definition) is 1. The molecule has 74 valence electrons. The van der Waals surface area contributed by atoms with Crippen LogP contribution in [0.2, 0.25) is 0 Å². The van der Waals surface area contributed by atoms with Crippen molar-refractivity contribution in [2.45, 2.75) is 47.0 Å². The summed E-state index contributed by atoms with van der Waals surface area (Å²) < 4.78 is 0. The van der Waals surface area contributed by atoms with Crippen LogP contribution in [0.1, 0.15) is 47.0 Å². The zero-order valence-corrected chi connectivity index (χ0v) is 9.18. The van der Waals surface area contributed by atoms with Gasteiger partial charge >= 0.3 is 0 Å². The smallest absolute Gasteiger partial charge is 0.158 e. The lowest BCUT2D eigenvalue weighted by Crippen LogP contribution is -2.23. The van der Waals surface area contributed by atoms with Crippen molar-refractivity contribution < 1.29 is 4.79 Å². The second kappa shape index (κ2) is 3.65. The number of ketones is 1. The summed E-state index contributed by atoms with van der Waals surface area (Å²) in [6, 6.07) is 0. The maximum Gasteiger partial charge on any atom is 0.158 e. The van der Waals surface area contributed by atoms with Gasteiger partial charge < -0.3 is 0 Å². The van der Waals surface area contributed by atoms with Crippen molar-refractivity contribution in [2.24, 2.45) is 11.3 Å². The number of Topliss-reactive ketones (excluding diaryl/α,β-unsaturated/α-hetero) is 1. The molecular weight excluding hydrogens is 160 g/mol. The molecule has 1 aliphatic carbocycles.